The van der Waals surface area contributed by atoms with Crippen molar-refractivity contribution >= 4 is 16.5 Å². The third kappa shape index (κ3) is 1.38. The number of hydrogen-bond donors (Lipinski definition) is 2. The fourth-order valence-electron chi connectivity index (χ4n) is 1.57. The molecule has 2 aromatic carbocycles. The normalized spacial score (nSPS) is 10.6. The van der Waals surface area contributed by atoms with E-state index in [0.29, 0.717) is 16.5 Å². The van der Waals surface area contributed by atoms with Gasteiger partial charge in [0.1, 0.15) is 0 Å². The number of nitrogens with one attached hydrogen (secondary N) is 1. The molecule has 0 aliphatic rings. The molecule has 2 rings (SSSR count). The zero-order valence-electron chi connectivity index (χ0n) is 8.01. The molecule has 15 heavy (non-hydrogen) atoms. The van der Waals surface area contributed by atoms with E-state index < -0.39 is 17.4 Å². The minimum absolute atomic E-state index is 0.292. The van der Waals surface area contributed by atoms with Crippen molar-refractivity contribution in [3.63, 3.8) is 0 Å². The van der Waals surface area contributed by atoms with E-state index >= 15 is 0 Å². The second-order valence-electron chi connectivity index (χ2n) is 3.17. The number of benzene rings is 2. The van der Waals surface area contributed by atoms with E-state index in [0.717, 1.165) is 6.07 Å². The third-order valence-electron chi connectivity index (χ3n) is 2.32. The zero-order chi connectivity index (χ0) is 11.0. The second-order valence-corrected chi connectivity index (χ2v) is 3.17. The van der Waals surface area contributed by atoms with Gasteiger partial charge in [-0.1, -0.05) is 12.1 Å². The molecule has 2 nitrogen and oxygen atoms in total. The predicted octanol–water partition coefficient (Wildman–Crippen LogP) is 2.87. The van der Waals surface area contributed by atoms with Crippen molar-refractivity contribution in [3.8, 4) is 5.75 Å². The molecule has 2 aromatic rings. The summed E-state index contributed by atoms with van der Waals surface area (Å²) in [6, 6.07) is 5.98. The lowest BCUT2D eigenvalue weighted by molar-refractivity contribution is 0.413. The minimum atomic E-state index is -1.21. The Kier molecular flexibility index (Phi) is 2.19. The van der Waals surface area contributed by atoms with E-state index in [9.17, 15) is 13.9 Å². The van der Waals surface area contributed by atoms with Crippen LogP contribution in [0, 0.1) is 11.6 Å². The summed E-state index contributed by atoms with van der Waals surface area (Å²) in [5.41, 5.74) is 0.640. The van der Waals surface area contributed by atoms with Gasteiger partial charge >= 0.3 is 0 Å². The second kappa shape index (κ2) is 3.38. The average molecular weight is 209 g/mol. The van der Waals surface area contributed by atoms with Gasteiger partial charge in [-0.15, -0.1) is 0 Å². The quantitative estimate of drug-likeness (QED) is 0.756. The SMILES string of the molecule is CNc1cccc2c(O)c(F)c(F)cc12. The fraction of sp³-hybridized carbons (Fsp3) is 0.0909. The molecule has 0 saturated heterocycles. The molecule has 0 aliphatic carbocycles. The Labute approximate surface area is 85.2 Å². The molecule has 0 heterocycles. The molecule has 4 heteroatoms. The van der Waals surface area contributed by atoms with Crippen LogP contribution in [0.3, 0.4) is 0 Å². The first-order valence-electron chi connectivity index (χ1n) is 4.42. The Balaban J connectivity index is 2.91. The summed E-state index contributed by atoms with van der Waals surface area (Å²) in [6.45, 7) is 0. The lowest BCUT2D eigenvalue weighted by Crippen LogP contribution is -1.92. The first kappa shape index (κ1) is 9.71. The number of phenols is 1. The van der Waals surface area contributed by atoms with Crippen LogP contribution in [0.15, 0.2) is 24.3 Å². The van der Waals surface area contributed by atoms with Gasteiger partial charge in [0.05, 0.1) is 0 Å². The average Bonchev–Trinajstić information content (AvgIpc) is 2.25. The van der Waals surface area contributed by atoms with E-state index in [2.05, 4.69) is 5.32 Å². The largest absolute Gasteiger partial charge is 0.504 e. The highest BCUT2D eigenvalue weighted by molar-refractivity contribution is 5.97. The van der Waals surface area contributed by atoms with Gasteiger partial charge in [0.2, 0.25) is 5.82 Å². The molecule has 78 valence electrons. The first-order valence-corrected chi connectivity index (χ1v) is 4.42. The van der Waals surface area contributed by atoms with Crippen molar-refractivity contribution < 1.29 is 13.9 Å². The molecule has 0 radical (unpaired) electrons. The number of aromatic hydroxyl groups is 1. The summed E-state index contributed by atoms with van der Waals surface area (Å²) in [5.74, 6) is -2.92. The molecule has 0 spiro atoms. The van der Waals surface area contributed by atoms with Crippen LogP contribution in [0.4, 0.5) is 14.5 Å². The van der Waals surface area contributed by atoms with Crippen LogP contribution in [0.25, 0.3) is 10.8 Å². The summed E-state index contributed by atoms with van der Waals surface area (Å²) in [6.07, 6.45) is 0. The van der Waals surface area contributed by atoms with Crippen molar-refractivity contribution in [2.24, 2.45) is 0 Å². The number of hydrogen-bond acceptors (Lipinski definition) is 2. The number of phenolic OH excluding ortho intramolecular Hbond substituents is 1. The van der Waals surface area contributed by atoms with Crippen molar-refractivity contribution in [2.75, 3.05) is 12.4 Å². The van der Waals surface area contributed by atoms with E-state index in [4.69, 9.17) is 0 Å². The predicted molar refractivity (Wildman–Crippen MR) is 55.1 cm³/mol. The Morgan fingerprint density at radius 1 is 1.20 bits per heavy atom. The zero-order valence-corrected chi connectivity index (χ0v) is 8.01. The maximum absolute atomic E-state index is 13.1. The van der Waals surface area contributed by atoms with Crippen LogP contribution in [0.2, 0.25) is 0 Å². The van der Waals surface area contributed by atoms with Gasteiger partial charge in [0, 0.05) is 23.5 Å². The Hall–Kier alpha value is -1.84. The topological polar surface area (TPSA) is 32.3 Å². The number of anilines is 1. The summed E-state index contributed by atoms with van der Waals surface area (Å²) >= 11 is 0. The number of halogens is 2. The molecule has 0 amide bonds. The van der Waals surface area contributed by atoms with Crippen molar-refractivity contribution in [1.29, 1.82) is 0 Å². The number of rotatable bonds is 1. The molecular formula is C11H9F2NO. The Morgan fingerprint density at radius 2 is 1.93 bits per heavy atom. The van der Waals surface area contributed by atoms with Gasteiger partial charge in [0.15, 0.2) is 11.6 Å². The summed E-state index contributed by atoms with van der Waals surface area (Å²) < 4.78 is 26.1. The molecule has 0 bridgehead atoms. The standard InChI is InChI=1S/C11H9F2NO/c1-14-9-4-2-3-6-7(9)5-8(12)10(13)11(6)15/h2-5,14-15H,1H3. The summed E-state index contributed by atoms with van der Waals surface area (Å²) in [4.78, 5) is 0. The molecule has 0 unspecified atom stereocenters. The first-order chi connectivity index (χ1) is 7.15. The molecular weight excluding hydrogens is 200 g/mol. The fourth-order valence-corrected chi connectivity index (χ4v) is 1.57. The summed E-state index contributed by atoms with van der Waals surface area (Å²) in [5, 5.41) is 13.0. The van der Waals surface area contributed by atoms with E-state index in [1.54, 1.807) is 19.2 Å². The van der Waals surface area contributed by atoms with Gasteiger partial charge in [-0.2, -0.15) is 4.39 Å². The van der Waals surface area contributed by atoms with Crippen LogP contribution in [-0.2, 0) is 0 Å². The smallest absolute Gasteiger partial charge is 0.201 e. The van der Waals surface area contributed by atoms with Crippen LogP contribution in [-0.4, -0.2) is 12.2 Å². The molecule has 0 aliphatic heterocycles. The van der Waals surface area contributed by atoms with E-state index in [-0.39, 0.29) is 0 Å². The molecule has 0 atom stereocenters. The molecule has 0 saturated carbocycles. The third-order valence-corrected chi connectivity index (χ3v) is 2.32. The summed E-state index contributed by atoms with van der Waals surface area (Å²) in [7, 11) is 1.67. The Morgan fingerprint density at radius 3 is 2.60 bits per heavy atom. The van der Waals surface area contributed by atoms with Crippen molar-refractivity contribution in [3.05, 3.63) is 35.9 Å². The lowest BCUT2D eigenvalue weighted by atomic mass is 10.1. The lowest BCUT2D eigenvalue weighted by Gasteiger charge is -2.08. The highest BCUT2D eigenvalue weighted by Gasteiger charge is 2.13. The highest BCUT2D eigenvalue weighted by Crippen LogP contribution is 2.33. The van der Waals surface area contributed by atoms with Gasteiger partial charge in [-0.3, -0.25) is 0 Å². The van der Waals surface area contributed by atoms with Gasteiger partial charge in [0.25, 0.3) is 0 Å². The minimum Gasteiger partial charge on any atom is -0.504 e. The number of fused-ring (bicyclic) bond motifs is 1. The molecule has 0 fully saturated rings. The van der Waals surface area contributed by atoms with E-state index in [1.165, 1.54) is 6.07 Å². The van der Waals surface area contributed by atoms with Gasteiger partial charge < -0.3 is 10.4 Å². The molecule has 2 N–H and O–H groups in total. The van der Waals surface area contributed by atoms with Crippen molar-refractivity contribution in [2.45, 2.75) is 0 Å². The van der Waals surface area contributed by atoms with Crippen LogP contribution >= 0.6 is 0 Å². The van der Waals surface area contributed by atoms with E-state index in [1.807, 2.05) is 0 Å². The van der Waals surface area contributed by atoms with Crippen LogP contribution < -0.4 is 5.32 Å². The van der Waals surface area contributed by atoms with Crippen molar-refractivity contribution in [1.82, 2.24) is 0 Å². The van der Waals surface area contributed by atoms with Gasteiger partial charge in [-0.25, -0.2) is 4.39 Å². The highest BCUT2D eigenvalue weighted by atomic mass is 19.2. The van der Waals surface area contributed by atoms with Crippen LogP contribution in [0.5, 0.6) is 5.75 Å². The van der Waals surface area contributed by atoms with Gasteiger partial charge in [-0.05, 0) is 12.1 Å². The Bertz CT molecular complexity index is 525. The maximum atomic E-state index is 13.1. The maximum Gasteiger partial charge on any atom is 0.201 e. The monoisotopic (exact) mass is 209 g/mol. The van der Waals surface area contributed by atoms with Crippen LogP contribution in [0.1, 0.15) is 0 Å². The molecule has 0 aromatic heterocycles.